The van der Waals surface area contributed by atoms with Crippen molar-refractivity contribution in [3.63, 3.8) is 0 Å². The molecular weight excluding hydrogens is 486 g/mol. The molecule has 0 amide bonds. The van der Waals surface area contributed by atoms with Crippen LogP contribution in [-0.2, 0) is 0 Å². The zero-order valence-corrected chi connectivity index (χ0v) is 21.6. The van der Waals surface area contributed by atoms with Gasteiger partial charge in [-0.05, 0) is 71.8 Å². The standard InChI is InChI=1S/C37H23N3/c38-24-25-18-20-30-32-23-26(19-21-34(32)40(36(30)22-25)28-12-5-2-6-13-28)29-15-9-17-35-37(29)31-14-7-8-16-33(31)39(35)27-10-3-1-4-11-27/h1-23H. The van der Waals surface area contributed by atoms with Crippen LogP contribution in [0.4, 0.5) is 0 Å². The molecule has 0 aliphatic rings. The van der Waals surface area contributed by atoms with Crippen molar-refractivity contribution in [3.8, 4) is 28.6 Å². The lowest BCUT2D eigenvalue weighted by atomic mass is 9.97. The monoisotopic (exact) mass is 509 g/mol. The zero-order chi connectivity index (χ0) is 26.6. The molecule has 8 aromatic rings. The molecule has 0 radical (unpaired) electrons. The van der Waals surface area contributed by atoms with Crippen LogP contribution >= 0.6 is 0 Å². The number of hydrogen-bond acceptors (Lipinski definition) is 1. The third kappa shape index (κ3) is 3.24. The van der Waals surface area contributed by atoms with Crippen LogP contribution in [-0.4, -0.2) is 9.13 Å². The second-order valence-electron chi connectivity index (χ2n) is 10.1. The third-order valence-electron chi connectivity index (χ3n) is 7.93. The van der Waals surface area contributed by atoms with Crippen LogP contribution in [0.1, 0.15) is 5.56 Å². The first-order valence-electron chi connectivity index (χ1n) is 13.4. The van der Waals surface area contributed by atoms with Crippen LogP contribution in [0.25, 0.3) is 66.1 Å². The zero-order valence-electron chi connectivity index (χ0n) is 21.6. The van der Waals surface area contributed by atoms with E-state index in [2.05, 4.69) is 137 Å². The number of nitrogens with zero attached hydrogens (tertiary/aromatic N) is 3. The number of hydrogen-bond donors (Lipinski definition) is 0. The van der Waals surface area contributed by atoms with Gasteiger partial charge in [0.2, 0.25) is 0 Å². The SMILES string of the molecule is N#Cc1ccc2c3cc(-c4cccc5c4c4ccccc4n5-c4ccccc4)ccc3n(-c3ccccc3)c2c1. The molecule has 3 heteroatoms. The summed E-state index contributed by atoms with van der Waals surface area (Å²) in [6, 6.07) is 51.3. The van der Waals surface area contributed by atoms with Crippen molar-refractivity contribution in [2.24, 2.45) is 0 Å². The Bertz CT molecular complexity index is 2260. The maximum atomic E-state index is 9.64. The Kier molecular flexibility index (Phi) is 4.89. The summed E-state index contributed by atoms with van der Waals surface area (Å²) in [4.78, 5) is 0. The van der Waals surface area contributed by atoms with Gasteiger partial charge in [-0.3, -0.25) is 0 Å². The molecule has 0 fully saturated rings. The summed E-state index contributed by atoms with van der Waals surface area (Å²) in [5.41, 5.74) is 9.82. The maximum Gasteiger partial charge on any atom is 0.0992 e. The Morgan fingerprint density at radius 1 is 0.450 bits per heavy atom. The van der Waals surface area contributed by atoms with E-state index in [-0.39, 0.29) is 0 Å². The van der Waals surface area contributed by atoms with Crippen LogP contribution in [0, 0.1) is 11.3 Å². The number of para-hydroxylation sites is 3. The van der Waals surface area contributed by atoms with E-state index < -0.39 is 0 Å². The van der Waals surface area contributed by atoms with Gasteiger partial charge in [0.25, 0.3) is 0 Å². The minimum absolute atomic E-state index is 0.659. The number of rotatable bonds is 3. The van der Waals surface area contributed by atoms with E-state index in [4.69, 9.17) is 0 Å². The smallest absolute Gasteiger partial charge is 0.0992 e. The second-order valence-corrected chi connectivity index (χ2v) is 10.1. The van der Waals surface area contributed by atoms with E-state index in [0.29, 0.717) is 5.56 Å². The van der Waals surface area contributed by atoms with Gasteiger partial charge in [-0.1, -0.05) is 78.9 Å². The third-order valence-corrected chi connectivity index (χ3v) is 7.93. The van der Waals surface area contributed by atoms with Crippen LogP contribution in [0.3, 0.4) is 0 Å². The highest BCUT2D eigenvalue weighted by atomic mass is 15.0. The van der Waals surface area contributed by atoms with Crippen molar-refractivity contribution in [1.29, 1.82) is 5.26 Å². The Morgan fingerprint density at radius 2 is 1.10 bits per heavy atom. The Labute approximate surface area is 231 Å². The Morgan fingerprint density at radius 3 is 1.85 bits per heavy atom. The molecule has 6 aromatic carbocycles. The summed E-state index contributed by atoms with van der Waals surface area (Å²) in [7, 11) is 0. The topological polar surface area (TPSA) is 33.6 Å². The van der Waals surface area contributed by atoms with Gasteiger partial charge in [0.05, 0.1) is 33.7 Å². The van der Waals surface area contributed by atoms with Crippen LogP contribution in [0.15, 0.2) is 140 Å². The highest BCUT2D eigenvalue weighted by Crippen LogP contribution is 2.41. The summed E-state index contributed by atoms with van der Waals surface area (Å²) >= 11 is 0. The van der Waals surface area contributed by atoms with Gasteiger partial charge in [0, 0.05) is 32.9 Å². The van der Waals surface area contributed by atoms with Gasteiger partial charge in [-0.2, -0.15) is 5.26 Å². The van der Waals surface area contributed by atoms with E-state index in [1.165, 1.54) is 38.3 Å². The van der Waals surface area contributed by atoms with E-state index >= 15 is 0 Å². The molecule has 2 heterocycles. The van der Waals surface area contributed by atoms with Crippen molar-refractivity contribution >= 4 is 43.6 Å². The number of benzene rings is 6. The van der Waals surface area contributed by atoms with Crippen LogP contribution < -0.4 is 0 Å². The number of nitriles is 1. The summed E-state index contributed by atoms with van der Waals surface area (Å²) in [6.07, 6.45) is 0. The molecule has 8 rings (SSSR count). The summed E-state index contributed by atoms with van der Waals surface area (Å²) in [5.74, 6) is 0. The lowest BCUT2D eigenvalue weighted by molar-refractivity contribution is 1.18. The largest absolute Gasteiger partial charge is 0.309 e. The molecule has 186 valence electrons. The molecule has 0 unspecified atom stereocenters. The first-order valence-corrected chi connectivity index (χ1v) is 13.4. The molecule has 0 saturated carbocycles. The quantitative estimate of drug-likeness (QED) is 0.233. The van der Waals surface area contributed by atoms with Crippen molar-refractivity contribution < 1.29 is 0 Å². The molecule has 0 aliphatic carbocycles. The second kappa shape index (κ2) is 8.73. The minimum Gasteiger partial charge on any atom is -0.309 e. The normalized spacial score (nSPS) is 11.5. The molecule has 2 aromatic heterocycles. The molecule has 40 heavy (non-hydrogen) atoms. The fourth-order valence-corrected chi connectivity index (χ4v) is 6.23. The molecule has 0 spiro atoms. The van der Waals surface area contributed by atoms with E-state index in [0.717, 1.165) is 27.8 Å². The molecule has 3 nitrogen and oxygen atoms in total. The first kappa shape index (κ1) is 22.4. The summed E-state index contributed by atoms with van der Waals surface area (Å²) in [5, 5.41) is 14.4. The number of fused-ring (bicyclic) bond motifs is 6. The average Bonchev–Trinajstić information content (AvgIpc) is 3.54. The molecule has 0 atom stereocenters. The highest BCUT2D eigenvalue weighted by Gasteiger charge is 2.18. The average molecular weight is 510 g/mol. The first-order chi connectivity index (χ1) is 19.8. The van der Waals surface area contributed by atoms with Gasteiger partial charge < -0.3 is 9.13 Å². The lowest BCUT2D eigenvalue weighted by Crippen LogP contribution is -1.93. The fraction of sp³-hybridized carbons (Fsp3) is 0. The van der Waals surface area contributed by atoms with Crippen LogP contribution in [0.5, 0.6) is 0 Å². The van der Waals surface area contributed by atoms with E-state index in [1.54, 1.807) is 0 Å². The van der Waals surface area contributed by atoms with Gasteiger partial charge in [0.1, 0.15) is 0 Å². The highest BCUT2D eigenvalue weighted by molar-refractivity contribution is 6.17. The molecule has 0 aliphatic heterocycles. The summed E-state index contributed by atoms with van der Waals surface area (Å²) in [6.45, 7) is 0. The number of aromatic nitrogens is 2. The minimum atomic E-state index is 0.659. The Hall–Kier alpha value is -5.59. The maximum absolute atomic E-state index is 9.64. The molecule has 0 N–H and O–H groups in total. The van der Waals surface area contributed by atoms with Crippen molar-refractivity contribution in [2.75, 3.05) is 0 Å². The van der Waals surface area contributed by atoms with E-state index in [9.17, 15) is 5.26 Å². The van der Waals surface area contributed by atoms with Crippen molar-refractivity contribution in [2.45, 2.75) is 0 Å². The van der Waals surface area contributed by atoms with Gasteiger partial charge in [0.15, 0.2) is 0 Å². The van der Waals surface area contributed by atoms with Gasteiger partial charge in [-0.25, -0.2) is 0 Å². The lowest BCUT2D eigenvalue weighted by Gasteiger charge is -2.10. The van der Waals surface area contributed by atoms with Crippen molar-refractivity contribution in [3.05, 3.63) is 145 Å². The predicted octanol–water partition coefficient (Wildman–Crippen LogP) is 9.42. The molecule has 0 bridgehead atoms. The van der Waals surface area contributed by atoms with Crippen molar-refractivity contribution in [1.82, 2.24) is 9.13 Å². The summed E-state index contributed by atoms with van der Waals surface area (Å²) < 4.78 is 4.62. The molecule has 0 saturated heterocycles. The van der Waals surface area contributed by atoms with Crippen LogP contribution in [0.2, 0.25) is 0 Å². The predicted molar refractivity (Wildman–Crippen MR) is 165 cm³/mol. The molecular formula is C37H23N3. The fourth-order valence-electron chi connectivity index (χ4n) is 6.23. The van der Waals surface area contributed by atoms with Gasteiger partial charge >= 0.3 is 0 Å². The van der Waals surface area contributed by atoms with E-state index in [1.807, 2.05) is 18.2 Å². The van der Waals surface area contributed by atoms with Gasteiger partial charge in [-0.15, -0.1) is 0 Å². The Balaban J connectivity index is 1.44.